The molecule has 2 aliphatic heterocycles. The van der Waals surface area contributed by atoms with Gasteiger partial charge in [0.05, 0.1) is 0 Å². The van der Waals surface area contributed by atoms with Crippen LogP contribution in [-0.2, 0) is 4.79 Å². The molecule has 0 spiro atoms. The Morgan fingerprint density at radius 1 is 1.16 bits per heavy atom. The number of fused-ring (bicyclic) bond motifs is 1. The fraction of sp³-hybridized carbons (Fsp3) is 0.462. The Morgan fingerprint density at radius 2 is 1.94 bits per heavy atom. The molecule has 2 heterocycles. The van der Waals surface area contributed by atoms with Crippen molar-refractivity contribution in [2.45, 2.75) is 50.5 Å². The molecule has 0 bridgehead atoms. The van der Waals surface area contributed by atoms with Crippen molar-refractivity contribution in [2.75, 3.05) is 31.1 Å². The molecule has 5 rings (SSSR count). The molecule has 1 aliphatic carbocycles. The van der Waals surface area contributed by atoms with Crippen LogP contribution in [0.2, 0.25) is 0 Å². The molecule has 1 N–H and O–H groups in total. The Balaban J connectivity index is 1.30. The van der Waals surface area contributed by atoms with Crippen LogP contribution in [-0.4, -0.2) is 49.0 Å². The third-order valence-corrected chi connectivity index (χ3v) is 6.96. The molecule has 32 heavy (non-hydrogen) atoms. The standard InChI is InChI=1S/C26H31FN4O/c1-2-28-26(29-23-16-21(23)20-9-3-5-10-22(20)27)31-17-18(19-8-4-6-11-24(19)31)13-15-30-14-7-12-25(30)32/h3-6,8-11,18,21,23H,2,7,12-17H2,1H3,(H,28,29). The van der Waals surface area contributed by atoms with Crippen LogP contribution in [0.25, 0.3) is 0 Å². The van der Waals surface area contributed by atoms with Gasteiger partial charge in [-0.1, -0.05) is 36.4 Å². The number of hydrogen-bond donors (Lipinski definition) is 1. The summed E-state index contributed by atoms with van der Waals surface area (Å²) in [5.74, 6) is 1.59. The van der Waals surface area contributed by atoms with Gasteiger partial charge in [-0.2, -0.15) is 0 Å². The van der Waals surface area contributed by atoms with Gasteiger partial charge in [0.25, 0.3) is 0 Å². The number of likely N-dealkylation sites (tertiary alicyclic amines) is 1. The highest BCUT2D eigenvalue weighted by Gasteiger charge is 2.42. The van der Waals surface area contributed by atoms with Crippen molar-refractivity contribution < 1.29 is 9.18 Å². The summed E-state index contributed by atoms with van der Waals surface area (Å²) < 4.78 is 14.2. The number of para-hydroxylation sites is 1. The lowest BCUT2D eigenvalue weighted by Crippen LogP contribution is -2.42. The van der Waals surface area contributed by atoms with Gasteiger partial charge in [0.2, 0.25) is 5.91 Å². The zero-order valence-electron chi connectivity index (χ0n) is 18.6. The van der Waals surface area contributed by atoms with Crippen LogP contribution < -0.4 is 10.2 Å². The molecule has 0 radical (unpaired) electrons. The molecule has 2 aromatic carbocycles. The molecule has 2 fully saturated rings. The molecule has 1 amide bonds. The summed E-state index contributed by atoms with van der Waals surface area (Å²) >= 11 is 0. The van der Waals surface area contributed by atoms with E-state index in [1.54, 1.807) is 6.07 Å². The van der Waals surface area contributed by atoms with E-state index < -0.39 is 0 Å². The summed E-state index contributed by atoms with van der Waals surface area (Å²) in [4.78, 5) is 21.1. The smallest absolute Gasteiger partial charge is 0.222 e. The lowest BCUT2D eigenvalue weighted by Gasteiger charge is -2.24. The number of carbonyl (C=O) groups is 1. The molecule has 6 heteroatoms. The third kappa shape index (κ3) is 4.10. The summed E-state index contributed by atoms with van der Waals surface area (Å²) in [7, 11) is 0. The Kier molecular flexibility index (Phi) is 5.85. The lowest BCUT2D eigenvalue weighted by molar-refractivity contribution is -0.127. The van der Waals surface area contributed by atoms with Crippen LogP contribution in [0.4, 0.5) is 10.1 Å². The van der Waals surface area contributed by atoms with Crippen molar-refractivity contribution in [3.05, 3.63) is 65.5 Å². The van der Waals surface area contributed by atoms with Gasteiger partial charge < -0.3 is 15.1 Å². The minimum Gasteiger partial charge on any atom is -0.353 e. The second-order valence-electron chi connectivity index (χ2n) is 9.05. The molecule has 5 nitrogen and oxygen atoms in total. The molecule has 3 aliphatic rings. The number of aliphatic imine (C=N–C) groups is 1. The maximum absolute atomic E-state index is 14.2. The quantitative estimate of drug-likeness (QED) is 0.546. The zero-order valence-corrected chi connectivity index (χ0v) is 18.6. The van der Waals surface area contributed by atoms with Gasteiger partial charge in [0, 0.05) is 56.2 Å². The van der Waals surface area contributed by atoms with Crippen molar-refractivity contribution in [3.8, 4) is 0 Å². The van der Waals surface area contributed by atoms with Crippen molar-refractivity contribution in [2.24, 2.45) is 4.99 Å². The van der Waals surface area contributed by atoms with Gasteiger partial charge in [-0.05, 0) is 49.4 Å². The largest absolute Gasteiger partial charge is 0.353 e. The average molecular weight is 435 g/mol. The van der Waals surface area contributed by atoms with Crippen molar-refractivity contribution in [1.29, 1.82) is 0 Å². The van der Waals surface area contributed by atoms with Crippen molar-refractivity contribution in [1.82, 2.24) is 10.2 Å². The highest BCUT2D eigenvalue weighted by Crippen LogP contribution is 2.43. The number of anilines is 1. The van der Waals surface area contributed by atoms with Crippen LogP contribution >= 0.6 is 0 Å². The number of halogens is 1. The van der Waals surface area contributed by atoms with Gasteiger partial charge in [0.1, 0.15) is 5.82 Å². The highest BCUT2D eigenvalue weighted by molar-refractivity contribution is 5.98. The fourth-order valence-electron chi connectivity index (χ4n) is 5.19. The topological polar surface area (TPSA) is 47.9 Å². The number of hydrogen-bond acceptors (Lipinski definition) is 2. The van der Waals surface area contributed by atoms with E-state index in [1.165, 1.54) is 17.3 Å². The number of nitrogens with zero attached hydrogens (tertiary/aromatic N) is 3. The molecule has 1 saturated heterocycles. The van der Waals surface area contributed by atoms with E-state index in [0.717, 1.165) is 50.4 Å². The first kappa shape index (κ1) is 21.0. The summed E-state index contributed by atoms with van der Waals surface area (Å²) in [6.07, 6.45) is 3.54. The molecule has 3 unspecified atom stereocenters. The SMILES string of the molecule is CCN=C(NC1CC1c1ccccc1F)N1CC(CCN2CCCC2=O)c2ccccc21. The number of benzene rings is 2. The minimum absolute atomic E-state index is 0.126. The van der Waals surface area contributed by atoms with Crippen LogP contribution in [0.15, 0.2) is 53.5 Å². The number of amides is 1. The number of rotatable bonds is 6. The molecule has 2 aromatic rings. The second-order valence-corrected chi connectivity index (χ2v) is 9.05. The molecular weight excluding hydrogens is 403 g/mol. The van der Waals surface area contributed by atoms with Gasteiger partial charge in [-0.25, -0.2) is 4.39 Å². The summed E-state index contributed by atoms with van der Waals surface area (Å²) in [6.45, 7) is 5.29. The average Bonchev–Trinajstić information content (AvgIpc) is 3.27. The molecular formula is C26H31FN4O. The first-order valence-electron chi connectivity index (χ1n) is 11.9. The predicted octanol–water partition coefficient (Wildman–Crippen LogP) is 4.26. The van der Waals surface area contributed by atoms with Gasteiger partial charge in [-0.15, -0.1) is 0 Å². The Bertz CT molecular complexity index is 1020. The Morgan fingerprint density at radius 3 is 2.69 bits per heavy atom. The van der Waals surface area contributed by atoms with Crippen molar-refractivity contribution in [3.63, 3.8) is 0 Å². The number of nitrogens with one attached hydrogen (secondary N) is 1. The molecule has 168 valence electrons. The van der Waals surface area contributed by atoms with E-state index in [2.05, 4.69) is 34.5 Å². The van der Waals surface area contributed by atoms with E-state index in [-0.39, 0.29) is 23.7 Å². The van der Waals surface area contributed by atoms with Crippen LogP contribution in [0, 0.1) is 5.82 Å². The lowest BCUT2D eigenvalue weighted by atomic mass is 9.98. The van der Waals surface area contributed by atoms with Gasteiger partial charge in [-0.3, -0.25) is 9.79 Å². The normalized spacial score (nSPS) is 24.8. The van der Waals surface area contributed by atoms with Crippen LogP contribution in [0.5, 0.6) is 0 Å². The van der Waals surface area contributed by atoms with Gasteiger partial charge in [0.15, 0.2) is 5.96 Å². The Labute approximate surface area is 189 Å². The number of carbonyl (C=O) groups excluding carboxylic acids is 1. The van der Waals surface area contributed by atoms with E-state index in [0.29, 0.717) is 18.9 Å². The fourth-order valence-corrected chi connectivity index (χ4v) is 5.19. The Hall–Kier alpha value is -2.89. The van der Waals surface area contributed by atoms with Crippen LogP contribution in [0.1, 0.15) is 55.6 Å². The molecule has 3 atom stereocenters. The predicted molar refractivity (Wildman–Crippen MR) is 126 cm³/mol. The van der Waals surface area contributed by atoms with E-state index >= 15 is 0 Å². The van der Waals surface area contributed by atoms with Gasteiger partial charge >= 0.3 is 0 Å². The first-order chi connectivity index (χ1) is 15.7. The molecule has 1 saturated carbocycles. The highest BCUT2D eigenvalue weighted by atomic mass is 19.1. The zero-order chi connectivity index (χ0) is 22.1. The first-order valence-corrected chi connectivity index (χ1v) is 11.9. The maximum atomic E-state index is 14.2. The van der Waals surface area contributed by atoms with Crippen LogP contribution in [0.3, 0.4) is 0 Å². The summed E-state index contributed by atoms with van der Waals surface area (Å²) in [5, 5.41) is 3.62. The van der Waals surface area contributed by atoms with Crippen molar-refractivity contribution >= 4 is 17.6 Å². The summed E-state index contributed by atoms with van der Waals surface area (Å²) in [5.41, 5.74) is 3.30. The van der Waals surface area contributed by atoms with E-state index in [4.69, 9.17) is 4.99 Å². The minimum atomic E-state index is -0.126. The van der Waals surface area contributed by atoms with E-state index in [9.17, 15) is 9.18 Å². The third-order valence-electron chi connectivity index (χ3n) is 6.96. The monoisotopic (exact) mass is 434 g/mol. The number of guanidine groups is 1. The van der Waals surface area contributed by atoms with E-state index in [1.807, 2.05) is 24.0 Å². The maximum Gasteiger partial charge on any atom is 0.222 e. The molecule has 0 aromatic heterocycles. The summed E-state index contributed by atoms with van der Waals surface area (Å²) in [6, 6.07) is 15.8. The second kappa shape index (κ2) is 8.93.